The molecular weight excluding hydrogens is 282 g/mol. The third kappa shape index (κ3) is 4.08. The zero-order chi connectivity index (χ0) is 15.2. The molecule has 21 heavy (non-hydrogen) atoms. The van der Waals surface area contributed by atoms with Crippen molar-refractivity contribution in [3.05, 3.63) is 34.3 Å². The number of rotatable bonds is 8. The molecule has 0 aliphatic rings. The van der Waals surface area contributed by atoms with Crippen LogP contribution in [0.3, 0.4) is 0 Å². The number of aromatic nitrogens is 2. The van der Waals surface area contributed by atoms with E-state index in [-0.39, 0.29) is 6.04 Å². The SMILES string of the molecule is CCCNC(Cc1ccn(C(C)C)n1)c1sccc1OC. The molecule has 0 aliphatic carbocycles. The van der Waals surface area contributed by atoms with Crippen LogP contribution >= 0.6 is 11.3 Å². The number of nitrogens with zero attached hydrogens (tertiary/aromatic N) is 2. The Morgan fingerprint density at radius 1 is 1.38 bits per heavy atom. The van der Waals surface area contributed by atoms with Crippen molar-refractivity contribution in [2.24, 2.45) is 0 Å². The molecule has 0 radical (unpaired) electrons. The van der Waals surface area contributed by atoms with Gasteiger partial charge in [0.15, 0.2) is 0 Å². The van der Waals surface area contributed by atoms with Crippen LogP contribution in [0.15, 0.2) is 23.7 Å². The Hall–Kier alpha value is -1.33. The second kappa shape index (κ2) is 7.61. The van der Waals surface area contributed by atoms with E-state index in [0.29, 0.717) is 6.04 Å². The number of hydrogen-bond acceptors (Lipinski definition) is 4. The van der Waals surface area contributed by atoms with Gasteiger partial charge in [0.2, 0.25) is 0 Å². The highest BCUT2D eigenvalue weighted by Crippen LogP contribution is 2.32. The normalized spacial score (nSPS) is 12.8. The van der Waals surface area contributed by atoms with Gasteiger partial charge in [0.05, 0.1) is 23.7 Å². The highest BCUT2D eigenvalue weighted by atomic mass is 32.1. The molecule has 0 saturated heterocycles. The van der Waals surface area contributed by atoms with Gasteiger partial charge in [-0.25, -0.2) is 0 Å². The Bertz CT molecular complexity index is 547. The third-order valence-corrected chi connectivity index (χ3v) is 4.45. The first-order valence-electron chi connectivity index (χ1n) is 7.54. The maximum atomic E-state index is 5.47. The predicted molar refractivity (Wildman–Crippen MR) is 88.2 cm³/mol. The molecule has 0 aromatic carbocycles. The second-order valence-corrected chi connectivity index (χ2v) is 6.39. The lowest BCUT2D eigenvalue weighted by Gasteiger charge is -2.17. The van der Waals surface area contributed by atoms with E-state index in [0.717, 1.165) is 30.8 Å². The van der Waals surface area contributed by atoms with Crippen molar-refractivity contribution < 1.29 is 4.74 Å². The summed E-state index contributed by atoms with van der Waals surface area (Å²) in [5.74, 6) is 0.969. The molecule has 2 aromatic heterocycles. The van der Waals surface area contributed by atoms with E-state index in [1.807, 2.05) is 10.7 Å². The summed E-state index contributed by atoms with van der Waals surface area (Å²) >= 11 is 1.74. The van der Waals surface area contributed by atoms with E-state index >= 15 is 0 Å². The van der Waals surface area contributed by atoms with Crippen molar-refractivity contribution in [1.82, 2.24) is 15.1 Å². The molecule has 1 unspecified atom stereocenters. The highest BCUT2D eigenvalue weighted by molar-refractivity contribution is 7.10. The van der Waals surface area contributed by atoms with Gasteiger partial charge >= 0.3 is 0 Å². The Balaban J connectivity index is 2.15. The number of nitrogens with one attached hydrogen (secondary N) is 1. The number of methoxy groups -OCH3 is 1. The van der Waals surface area contributed by atoms with Crippen LogP contribution < -0.4 is 10.1 Å². The number of ether oxygens (including phenoxy) is 1. The lowest BCUT2D eigenvalue weighted by atomic mass is 10.1. The smallest absolute Gasteiger partial charge is 0.134 e. The van der Waals surface area contributed by atoms with Crippen molar-refractivity contribution in [1.29, 1.82) is 0 Å². The lowest BCUT2D eigenvalue weighted by molar-refractivity contribution is 0.401. The zero-order valence-electron chi connectivity index (χ0n) is 13.3. The highest BCUT2D eigenvalue weighted by Gasteiger charge is 2.19. The largest absolute Gasteiger partial charge is 0.496 e. The number of thiophene rings is 1. The van der Waals surface area contributed by atoms with Crippen LogP contribution in [0, 0.1) is 0 Å². The quantitative estimate of drug-likeness (QED) is 0.806. The van der Waals surface area contributed by atoms with Gasteiger partial charge in [-0.2, -0.15) is 5.10 Å². The Morgan fingerprint density at radius 2 is 2.19 bits per heavy atom. The molecule has 4 nitrogen and oxygen atoms in total. The summed E-state index contributed by atoms with van der Waals surface area (Å²) in [6.07, 6.45) is 4.06. The molecule has 2 heterocycles. The van der Waals surface area contributed by atoms with E-state index in [1.54, 1.807) is 18.4 Å². The maximum Gasteiger partial charge on any atom is 0.134 e. The summed E-state index contributed by atoms with van der Waals surface area (Å²) in [6.45, 7) is 7.47. The summed E-state index contributed by atoms with van der Waals surface area (Å²) in [4.78, 5) is 1.25. The van der Waals surface area contributed by atoms with E-state index in [4.69, 9.17) is 4.74 Å². The minimum Gasteiger partial charge on any atom is -0.496 e. The van der Waals surface area contributed by atoms with Gasteiger partial charge in [-0.1, -0.05) is 6.92 Å². The summed E-state index contributed by atoms with van der Waals surface area (Å²) in [6, 6.07) is 4.81. The molecular formula is C16H25N3OS. The van der Waals surface area contributed by atoms with Gasteiger partial charge in [0, 0.05) is 18.7 Å². The standard InChI is InChI=1S/C16H25N3OS/c1-5-8-17-14(16-15(20-4)7-10-21-16)11-13-6-9-19(18-13)12(2)3/h6-7,9-10,12,14,17H,5,8,11H2,1-4H3. The lowest BCUT2D eigenvalue weighted by Crippen LogP contribution is -2.24. The van der Waals surface area contributed by atoms with Gasteiger partial charge in [0.25, 0.3) is 0 Å². The molecule has 0 amide bonds. The van der Waals surface area contributed by atoms with Crippen LogP contribution in [0.4, 0.5) is 0 Å². The van der Waals surface area contributed by atoms with Crippen LogP contribution in [0.2, 0.25) is 0 Å². The summed E-state index contributed by atoms with van der Waals surface area (Å²) in [5.41, 5.74) is 1.12. The van der Waals surface area contributed by atoms with Crippen molar-refractivity contribution in [2.45, 2.75) is 45.7 Å². The average molecular weight is 307 g/mol. The Morgan fingerprint density at radius 3 is 2.81 bits per heavy atom. The topological polar surface area (TPSA) is 39.1 Å². The maximum absolute atomic E-state index is 5.47. The van der Waals surface area contributed by atoms with Gasteiger partial charge in [-0.15, -0.1) is 11.3 Å². The summed E-state index contributed by atoms with van der Waals surface area (Å²) in [5, 5.41) is 10.4. The second-order valence-electron chi connectivity index (χ2n) is 5.44. The Kier molecular flexibility index (Phi) is 5.82. The monoisotopic (exact) mass is 307 g/mol. The van der Waals surface area contributed by atoms with Crippen LogP contribution in [0.25, 0.3) is 0 Å². The van der Waals surface area contributed by atoms with Crippen LogP contribution in [0.1, 0.15) is 49.8 Å². The molecule has 2 rings (SSSR count). The first-order chi connectivity index (χ1) is 10.2. The fraction of sp³-hybridized carbons (Fsp3) is 0.562. The van der Waals surface area contributed by atoms with E-state index in [9.17, 15) is 0 Å². The van der Waals surface area contributed by atoms with Crippen molar-refractivity contribution in [3.63, 3.8) is 0 Å². The van der Waals surface area contributed by atoms with Gasteiger partial charge in [-0.3, -0.25) is 4.68 Å². The molecule has 0 bridgehead atoms. The third-order valence-electron chi connectivity index (χ3n) is 3.44. The predicted octanol–water partition coefficient (Wildman–Crippen LogP) is 3.82. The summed E-state index contributed by atoms with van der Waals surface area (Å²) in [7, 11) is 1.73. The van der Waals surface area contributed by atoms with Crippen LogP contribution in [-0.2, 0) is 6.42 Å². The van der Waals surface area contributed by atoms with Crippen molar-refractivity contribution in [3.8, 4) is 5.75 Å². The van der Waals surface area contributed by atoms with Crippen molar-refractivity contribution in [2.75, 3.05) is 13.7 Å². The van der Waals surface area contributed by atoms with E-state index in [2.05, 4.69) is 48.8 Å². The molecule has 116 valence electrons. The molecule has 1 atom stereocenters. The van der Waals surface area contributed by atoms with E-state index in [1.165, 1.54) is 4.88 Å². The van der Waals surface area contributed by atoms with Crippen LogP contribution in [-0.4, -0.2) is 23.4 Å². The molecule has 1 N–H and O–H groups in total. The molecule has 0 aliphatic heterocycles. The minimum atomic E-state index is 0.260. The fourth-order valence-corrected chi connectivity index (χ4v) is 3.23. The fourth-order valence-electron chi connectivity index (χ4n) is 2.29. The molecule has 0 fully saturated rings. The molecule has 2 aromatic rings. The van der Waals surface area contributed by atoms with Crippen molar-refractivity contribution >= 4 is 11.3 Å². The number of hydrogen-bond donors (Lipinski definition) is 1. The Labute approximate surface area is 131 Å². The first kappa shape index (κ1) is 16.0. The van der Waals surface area contributed by atoms with Crippen LogP contribution in [0.5, 0.6) is 5.75 Å². The molecule has 0 spiro atoms. The van der Waals surface area contributed by atoms with Gasteiger partial charge in [-0.05, 0) is 44.3 Å². The average Bonchev–Trinajstić information content (AvgIpc) is 3.11. The minimum absolute atomic E-state index is 0.260. The van der Waals surface area contributed by atoms with Gasteiger partial charge in [0.1, 0.15) is 5.75 Å². The molecule has 0 saturated carbocycles. The zero-order valence-corrected chi connectivity index (χ0v) is 14.1. The van der Waals surface area contributed by atoms with E-state index < -0.39 is 0 Å². The first-order valence-corrected chi connectivity index (χ1v) is 8.42. The molecule has 5 heteroatoms. The summed E-state index contributed by atoms with van der Waals surface area (Å²) < 4.78 is 7.48. The van der Waals surface area contributed by atoms with Gasteiger partial charge < -0.3 is 10.1 Å².